The Kier molecular flexibility index (Phi) is 9.05. The van der Waals surface area contributed by atoms with E-state index in [1.165, 1.54) is 0 Å². The molecule has 0 radical (unpaired) electrons. The first kappa shape index (κ1) is 30.1. The standard InChI is InChI=1S/C32H33BrN6O4/c1-21(5-2-3-15-38-20-27(14-16-40)36-37-38)32(43)28-18-24(33)10-13-29(28)39(31(32)42)19-22-6-4-7-26(17-22)35-30(41)23-8-11-25(34)12-9-23/h2,4-13,17-18,20-21,40,43H,3,14-16,19,34H2,1H3,(H,35,41)/b5-2+/t21-,32+/m1/s1. The number of carbonyl (C=O) groups excluding carboxylic acids is 2. The number of halogens is 1. The summed E-state index contributed by atoms with van der Waals surface area (Å²) in [6.45, 7) is 2.63. The Balaban J connectivity index is 1.31. The lowest BCUT2D eigenvalue weighted by atomic mass is 9.83. The monoisotopic (exact) mass is 644 g/mol. The van der Waals surface area contributed by atoms with Gasteiger partial charge in [0.2, 0.25) is 0 Å². The summed E-state index contributed by atoms with van der Waals surface area (Å²) in [6.07, 6.45) is 6.66. The first-order valence-corrected chi connectivity index (χ1v) is 14.7. The number of hydrogen-bond donors (Lipinski definition) is 4. The highest BCUT2D eigenvalue weighted by Gasteiger charge is 2.52. The number of amides is 2. The molecule has 0 saturated carbocycles. The Labute approximate surface area is 258 Å². The summed E-state index contributed by atoms with van der Waals surface area (Å²) in [7, 11) is 0. The highest BCUT2D eigenvalue weighted by molar-refractivity contribution is 9.10. The number of anilines is 3. The van der Waals surface area contributed by atoms with Crippen LogP contribution in [0.2, 0.25) is 0 Å². The van der Waals surface area contributed by atoms with Crippen molar-refractivity contribution in [2.75, 3.05) is 22.6 Å². The van der Waals surface area contributed by atoms with Crippen LogP contribution in [0.3, 0.4) is 0 Å². The zero-order valence-electron chi connectivity index (χ0n) is 23.7. The van der Waals surface area contributed by atoms with Crippen molar-refractivity contribution in [1.82, 2.24) is 15.0 Å². The number of allylic oxidation sites excluding steroid dienone is 1. The molecule has 1 aliphatic rings. The Bertz CT molecular complexity index is 1650. The number of carbonyl (C=O) groups is 2. The Morgan fingerprint density at radius 3 is 2.72 bits per heavy atom. The van der Waals surface area contributed by atoms with Crippen molar-refractivity contribution in [2.24, 2.45) is 5.92 Å². The summed E-state index contributed by atoms with van der Waals surface area (Å²) in [4.78, 5) is 28.3. The fourth-order valence-electron chi connectivity index (χ4n) is 5.17. The molecule has 2 heterocycles. The van der Waals surface area contributed by atoms with Gasteiger partial charge in [-0.25, -0.2) is 0 Å². The number of rotatable bonds is 11. The van der Waals surface area contributed by atoms with Crippen LogP contribution in [0.15, 0.2) is 89.6 Å². The molecule has 1 aliphatic heterocycles. The van der Waals surface area contributed by atoms with Gasteiger partial charge in [0.1, 0.15) is 0 Å². The molecule has 3 aromatic carbocycles. The normalized spacial score (nSPS) is 16.9. The second-order valence-electron chi connectivity index (χ2n) is 10.5. The summed E-state index contributed by atoms with van der Waals surface area (Å²) >= 11 is 3.49. The number of nitrogens with two attached hydrogens (primary N) is 1. The number of nitrogen functional groups attached to an aromatic ring is 1. The van der Waals surface area contributed by atoms with Crippen LogP contribution in [0.25, 0.3) is 0 Å². The predicted molar refractivity (Wildman–Crippen MR) is 168 cm³/mol. The molecule has 43 heavy (non-hydrogen) atoms. The summed E-state index contributed by atoms with van der Waals surface area (Å²) < 4.78 is 2.46. The molecule has 0 fully saturated rings. The highest BCUT2D eigenvalue weighted by atomic mass is 79.9. The van der Waals surface area contributed by atoms with Gasteiger partial charge in [-0.2, -0.15) is 0 Å². The van der Waals surface area contributed by atoms with Gasteiger partial charge in [0.15, 0.2) is 5.60 Å². The number of aliphatic hydroxyl groups is 2. The molecule has 0 bridgehead atoms. The Morgan fingerprint density at radius 1 is 1.16 bits per heavy atom. The molecule has 2 amide bonds. The summed E-state index contributed by atoms with van der Waals surface area (Å²) in [5.74, 6) is -1.21. The minimum Gasteiger partial charge on any atom is -0.399 e. The number of fused-ring (bicyclic) bond motifs is 1. The van der Waals surface area contributed by atoms with Gasteiger partial charge in [0.05, 0.1) is 17.9 Å². The maximum absolute atomic E-state index is 13.9. The van der Waals surface area contributed by atoms with Crippen molar-refractivity contribution in [2.45, 2.75) is 38.5 Å². The van der Waals surface area contributed by atoms with E-state index < -0.39 is 17.4 Å². The van der Waals surface area contributed by atoms with E-state index in [4.69, 9.17) is 10.8 Å². The van der Waals surface area contributed by atoms with Gasteiger partial charge in [-0.15, -0.1) is 5.10 Å². The van der Waals surface area contributed by atoms with Gasteiger partial charge in [0, 0.05) is 58.7 Å². The number of nitrogens with zero attached hydrogens (tertiary/aromatic N) is 4. The molecule has 2 atom stereocenters. The summed E-state index contributed by atoms with van der Waals surface area (Å²) in [5.41, 5.74) is 8.28. The molecular weight excluding hydrogens is 612 g/mol. The van der Waals surface area contributed by atoms with E-state index in [-0.39, 0.29) is 19.1 Å². The van der Waals surface area contributed by atoms with Gasteiger partial charge >= 0.3 is 0 Å². The molecule has 0 aliphatic carbocycles. The van der Waals surface area contributed by atoms with Gasteiger partial charge in [-0.1, -0.05) is 52.4 Å². The number of aromatic nitrogens is 3. The Hall–Kier alpha value is -4.32. The van der Waals surface area contributed by atoms with E-state index in [2.05, 4.69) is 31.6 Å². The van der Waals surface area contributed by atoms with Crippen LogP contribution < -0.4 is 16.0 Å². The van der Waals surface area contributed by atoms with Crippen LogP contribution in [-0.4, -0.2) is 43.6 Å². The van der Waals surface area contributed by atoms with Crippen LogP contribution in [0.5, 0.6) is 0 Å². The van der Waals surface area contributed by atoms with Crippen LogP contribution >= 0.6 is 15.9 Å². The van der Waals surface area contributed by atoms with Crippen LogP contribution in [-0.2, 0) is 29.9 Å². The van der Waals surface area contributed by atoms with E-state index in [0.717, 1.165) is 15.7 Å². The molecule has 4 aromatic rings. The van der Waals surface area contributed by atoms with Crippen molar-refractivity contribution in [1.29, 1.82) is 0 Å². The number of aryl methyl sites for hydroxylation is 1. The van der Waals surface area contributed by atoms with Gasteiger partial charge in [-0.3, -0.25) is 14.3 Å². The van der Waals surface area contributed by atoms with Crippen molar-refractivity contribution in [3.05, 3.63) is 112 Å². The molecule has 5 N–H and O–H groups in total. The van der Waals surface area contributed by atoms with Crippen molar-refractivity contribution in [3.63, 3.8) is 0 Å². The largest absolute Gasteiger partial charge is 0.399 e. The number of benzene rings is 3. The Morgan fingerprint density at radius 2 is 1.95 bits per heavy atom. The van der Waals surface area contributed by atoms with Gasteiger partial charge < -0.3 is 26.2 Å². The lowest BCUT2D eigenvalue weighted by Crippen LogP contribution is -2.44. The molecular formula is C32H33BrN6O4. The topological polar surface area (TPSA) is 147 Å². The van der Waals surface area contributed by atoms with Crippen LogP contribution in [0.1, 0.15) is 40.5 Å². The number of aliphatic hydroxyl groups excluding tert-OH is 1. The zero-order valence-corrected chi connectivity index (χ0v) is 25.2. The molecule has 5 rings (SSSR count). The fourth-order valence-corrected chi connectivity index (χ4v) is 5.53. The lowest BCUT2D eigenvalue weighted by Gasteiger charge is -2.28. The second-order valence-corrected chi connectivity index (χ2v) is 11.5. The third kappa shape index (κ3) is 6.53. The molecule has 0 spiro atoms. The van der Waals surface area contributed by atoms with Crippen molar-refractivity contribution >= 4 is 44.8 Å². The van der Waals surface area contributed by atoms with E-state index in [0.29, 0.717) is 47.6 Å². The third-order valence-electron chi connectivity index (χ3n) is 7.49. The van der Waals surface area contributed by atoms with Crippen molar-refractivity contribution in [3.8, 4) is 0 Å². The average molecular weight is 646 g/mol. The van der Waals surface area contributed by atoms with Crippen LogP contribution in [0, 0.1) is 5.92 Å². The smallest absolute Gasteiger partial charge is 0.264 e. The maximum Gasteiger partial charge on any atom is 0.264 e. The maximum atomic E-state index is 13.9. The average Bonchev–Trinajstić information content (AvgIpc) is 3.52. The first-order valence-electron chi connectivity index (χ1n) is 14.0. The zero-order chi connectivity index (χ0) is 30.6. The predicted octanol–water partition coefficient (Wildman–Crippen LogP) is 4.43. The molecule has 222 valence electrons. The van der Waals surface area contributed by atoms with E-state index in [9.17, 15) is 14.7 Å². The molecule has 0 saturated heterocycles. The molecule has 11 heteroatoms. The minimum atomic E-state index is -1.77. The van der Waals surface area contributed by atoms with Crippen LogP contribution in [0.4, 0.5) is 17.1 Å². The summed E-state index contributed by atoms with van der Waals surface area (Å²) in [6, 6.07) is 19.4. The van der Waals surface area contributed by atoms with E-state index in [1.807, 2.05) is 49.4 Å². The first-order chi connectivity index (χ1) is 20.7. The lowest BCUT2D eigenvalue weighted by molar-refractivity contribution is -0.139. The van der Waals surface area contributed by atoms with Gasteiger partial charge in [0.25, 0.3) is 11.8 Å². The molecule has 0 unspecified atom stereocenters. The SMILES string of the molecule is C[C@H](/C=C/CCn1cc(CCO)nn1)[C@@]1(O)C(=O)N(Cc2cccc(NC(=O)c3ccc(N)cc3)c2)c2ccc(Br)cc21. The fraction of sp³-hybridized carbons (Fsp3) is 0.250. The third-order valence-corrected chi connectivity index (χ3v) is 7.99. The quantitative estimate of drug-likeness (QED) is 0.140. The number of hydrogen-bond acceptors (Lipinski definition) is 7. The molecule has 10 nitrogen and oxygen atoms in total. The molecule has 1 aromatic heterocycles. The van der Waals surface area contributed by atoms with E-state index >= 15 is 0 Å². The summed E-state index contributed by atoms with van der Waals surface area (Å²) in [5, 5.41) is 32.0. The van der Waals surface area contributed by atoms with Crippen molar-refractivity contribution < 1.29 is 19.8 Å². The van der Waals surface area contributed by atoms with E-state index in [1.54, 1.807) is 52.2 Å². The second kappa shape index (κ2) is 12.9. The minimum absolute atomic E-state index is 0.0177. The highest BCUT2D eigenvalue weighted by Crippen LogP contribution is 2.46. The van der Waals surface area contributed by atoms with Gasteiger partial charge in [-0.05, 0) is 66.6 Å². The number of nitrogens with one attached hydrogen (secondary N) is 1.